The number of carboxylic acids is 1. The molecule has 3 N–H and O–H groups in total. The van der Waals surface area contributed by atoms with E-state index in [1.165, 1.54) is 0 Å². The Morgan fingerprint density at radius 3 is 2.35 bits per heavy atom. The standard InChI is InChI=1S/C15H28N2O3/c1-11(2)7-13(10-16)8-14(18)17-5-3-12(4-6-17)9-15(19)20/h11-13H,3-10,16H2,1-2H3,(H,19,20). The summed E-state index contributed by atoms with van der Waals surface area (Å²) in [5, 5.41) is 8.78. The van der Waals surface area contributed by atoms with Crippen LogP contribution in [0, 0.1) is 17.8 Å². The highest BCUT2D eigenvalue weighted by Crippen LogP contribution is 2.22. The van der Waals surface area contributed by atoms with Crippen LogP contribution in [0.1, 0.15) is 46.0 Å². The Morgan fingerprint density at radius 1 is 1.30 bits per heavy atom. The van der Waals surface area contributed by atoms with Crippen LogP contribution < -0.4 is 5.73 Å². The van der Waals surface area contributed by atoms with Crippen LogP contribution in [0.5, 0.6) is 0 Å². The molecule has 5 heteroatoms. The summed E-state index contributed by atoms with van der Waals surface area (Å²) >= 11 is 0. The molecule has 0 aromatic rings. The summed E-state index contributed by atoms with van der Waals surface area (Å²) in [6, 6.07) is 0. The zero-order valence-corrected chi connectivity index (χ0v) is 12.7. The van der Waals surface area contributed by atoms with Crippen LogP contribution >= 0.6 is 0 Å². The van der Waals surface area contributed by atoms with Gasteiger partial charge in [0.15, 0.2) is 0 Å². The van der Waals surface area contributed by atoms with Crippen LogP contribution in [0.3, 0.4) is 0 Å². The lowest BCUT2D eigenvalue weighted by Gasteiger charge is -2.32. The van der Waals surface area contributed by atoms with Crippen LogP contribution in [0.2, 0.25) is 0 Å². The fourth-order valence-electron chi connectivity index (χ4n) is 2.94. The van der Waals surface area contributed by atoms with Gasteiger partial charge >= 0.3 is 5.97 Å². The molecule has 0 aliphatic carbocycles. The summed E-state index contributed by atoms with van der Waals surface area (Å²) in [6.07, 6.45) is 3.34. The molecule has 1 aliphatic heterocycles. The van der Waals surface area contributed by atoms with Crippen LogP contribution in [0.15, 0.2) is 0 Å². The average molecular weight is 284 g/mol. The van der Waals surface area contributed by atoms with E-state index in [0.717, 1.165) is 19.3 Å². The van der Waals surface area contributed by atoms with Crippen molar-refractivity contribution >= 4 is 11.9 Å². The van der Waals surface area contributed by atoms with E-state index in [0.29, 0.717) is 32.0 Å². The highest BCUT2D eigenvalue weighted by molar-refractivity contribution is 5.76. The van der Waals surface area contributed by atoms with E-state index in [9.17, 15) is 9.59 Å². The first kappa shape index (κ1) is 17.0. The monoisotopic (exact) mass is 284 g/mol. The molecule has 1 saturated heterocycles. The summed E-state index contributed by atoms with van der Waals surface area (Å²) < 4.78 is 0. The van der Waals surface area contributed by atoms with E-state index in [-0.39, 0.29) is 24.2 Å². The minimum Gasteiger partial charge on any atom is -0.481 e. The van der Waals surface area contributed by atoms with Crippen molar-refractivity contribution in [3.8, 4) is 0 Å². The van der Waals surface area contributed by atoms with Crippen LogP contribution in [0.25, 0.3) is 0 Å². The molecular formula is C15H28N2O3. The number of hydrogen-bond donors (Lipinski definition) is 2. The molecule has 5 nitrogen and oxygen atoms in total. The van der Waals surface area contributed by atoms with Gasteiger partial charge in [0.2, 0.25) is 5.91 Å². The quantitative estimate of drug-likeness (QED) is 0.745. The Morgan fingerprint density at radius 2 is 1.90 bits per heavy atom. The number of piperidine rings is 1. The first-order valence-corrected chi connectivity index (χ1v) is 7.62. The smallest absolute Gasteiger partial charge is 0.303 e. The lowest BCUT2D eigenvalue weighted by molar-refractivity contribution is -0.138. The SMILES string of the molecule is CC(C)CC(CN)CC(=O)N1CCC(CC(=O)O)CC1. The second-order valence-corrected chi connectivity index (χ2v) is 6.36. The van der Waals surface area contributed by atoms with Gasteiger partial charge in [-0.25, -0.2) is 0 Å². The van der Waals surface area contributed by atoms with Crippen LogP contribution in [-0.4, -0.2) is 41.5 Å². The predicted molar refractivity (Wildman–Crippen MR) is 78.2 cm³/mol. The van der Waals surface area contributed by atoms with E-state index >= 15 is 0 Å². The van der Waals surface area contributed by atoms with E-state index < -0.39 is 5.97 Å². The first-order chi connectivity index (χ1) is 9.42. The maximum Gasteiger partial charge on any atom is 0.303 e. The molecule has 0 bridgehead atoms. The molecule has 20 heavy (non-hydrogen) atoms. The summed E-state index contributed by atoms with van der Waals surface area (Å²) in [5.41, 5.74) is 5.74. The van der Waals surface area contributed by atoms with Crippen LogP contribution in [-0.2, 0) is 9.59 Å². The number of aliphatic carboxylic acids is 1. The van der Waals surface area contributed by atoms with E-state index in [4.69, 9.17) is 10.8 Å². The minimum atomic E-state index is -0.741. The van der Waals surface area contributed by atoms with Crippen molar-refractivity contribution in [1.29, 1.82) is 0 Å². The normalized spacial score (nSPS) is 18.3. The molecule has 0 radical (unpaired) electrons. The van der Waals surface area contributed by atoms with Crippen molar-refractivity contribution in [3.63, 3.8) is 0 Å². The van der Waals surface area contributed by atoms with Crippen molar-refractivity contribution in [2.24, 2.45) is 23.5 Å². The Bertz CT molecular complexity index is 323. The summed E-state index contributed by atoms with van der Waals surface area (Å²) in [5.74, 6) is 0.471. The number of carbonyl (C=O) groups excluding carboxylic acids is 1. The largest absolute Gasteiger partial charge is 0.481 e. The van der Waals surface area contributed by atoms with Crippen molar-refractivity contribution in [2.45, 2.75) is 46.0 Å². The Labute approximate surface area is 121 Å². The summed E-state index contributed by atoms with van der Waals surface area (Å²) in [4.78, 5) is 24.8. The number of likely N-dealkylation sites (tertiary alicyclic amines) is 1. The highest BCUT2D eigenvalue weighted by atomic mass is 16.4. The molecule has 1 atom stereocenters. The van der Waals surface area contributed by atoms with E-state index in [2.05, 4.69) is 13.8 Å². The summed E-state index contributed by atoms with van der Waals surface area (Å²) in [6.45, 7) is 6.22. The maximum absolute atomic E-state index is 12.2. The van der Waals surface area contributed by atoms with Crippen molar-refractivity contribution < 1.29 is 14.7 Å². The number of carboxylic acid groups (broad SMARTS) is 1. The average Bonchev–Trinajstić information content (AvgIpc) is 2.37. The van der Waals surface area contributed by atoms with Gasteiger partial charge in [0, 0.05) is 25.9 Å². The molecule has 1 fully saturated rings. The molecule has 0 aromatic carbocycles. The third-order valence-electron chi connectivity index (χ3n) is 4.03. The molecular weight excluding hydrogens is 256 g/mol. The van der Waals surface area contributed by atoms with Gasteiger partial charge in [-0.3, -0.25) is 9.59 Å². The number of rotatable bonds is 7. The minimum absolute atomic E-state index is 0.176. The van der Waals surface area contributed by atoms with Gasteiger partial charge in [0.1, 0.15) is 0 Å². The van der Waals surface area contributed by atoms with E-state index in [1.54, 1.807) is 0 Å². The molecule has 1 rings (SSSR count). The second kappa shape index (κ2) is 8.25. The lowest BCUT2D eigenvalue weighted by atomic mass is 9.91. The molecule has 1 heterocycles. The predicted octanol–water partition coefficient (Wildman–Crippen LogP) is 1.71. The van der Waals surface area contributed by atoms with E-state index in [1.807, 2.05) is 4.90 Å². The third kappa shape index (κ3) is 5.90. The van der Waals surface area contributed by atoms with Gasteiger partial charge in [0.25, 0.3) is 0 Å². The topological polar surface area (TPSA) is 83.6 Å². The molecule has 1 aliphatic rings. The first-order valence-electron chi connectivity index (χ1n) is 7.62. The lowest BCUT2D eigenvalue weighted by Crippen LogP contribution is -2.40. The van der Waals surface area contributed by atoms with Gasteiger partial charge < -0.3 is 15.7 Å². The highest BCUT2D eigenvalue weighted by Gasteiger charge is 2.25. The molecule has 0 spiro atoms. The Balaban J connectivity index is 2.36. The number of nitrogens with two attached hydrogens (primary N) is 1. The summed E-state index contributed by atoms with van der Waals surface area (Å²) in [7, 11) is 0. The van der Waals surface area contributed by atoms with Crippen LogP contribution in [0.4, 0.5) is 0 Å². The molecule has 1 unspecified atom stereocenters. The number of hydrogen-bond acceptors (Lipinski definition) is 3. The third-order valence-corrected chi connectivity index (χ3v) is 4.03. The van der Waals surface area contributed by atoms with Crippen molar-refractivity contribution in [3.05, 3.63) is 0 Å². The molecule has 0 aromatic heterocycles. The maximum atomic E-state index is 12.2. The second-order valence-electron chi connectivity index (χ2n) is 6.36. The van der Waals surface area contributed by atoms with Gasteiger partial charge in [-0.15, -0.1) is 0 Å². The zero-order chi connectivity index (χ0) is 15.1. The molecule has 1 amide bonds. The van der Waals surface area contributed by atoms with Crippen molar-refractivity contribution in [1.82, 2.24) is 4.90 Å². The molecule has 116 valence electrons. The number of nitrogens with zero attached hydrogens (tertiary/aromatic N) is 1. The van der Waals surface area contributed by atoms with Gasteiger partial charge in [-0.05, 0) is 43.6 Å². The van der Waals surface area contributed by atoms with Gasteiger partial charge in [-0.1, -0.05) is 13.8 Å². The number of carbonyl (C=O) groups is 2. The van der Waals surface area contributed by atoms with Gasteiger partial charge in [-0.2, -0.15) is 0 Å². The number of amides is 1. The fourth-order valence-corrected chi connectivity index (χ4v) is 2.94. The molecule has 0 saturated carbocycles. The zero-order valence-electron chi connectivity index (χ0n) is 12.7. The Kier molecular flexibility index (Phi) is 6.99. The van der Waals surface area contributed by atoms with Gasteiger partial charge in [0.05, 0.1) is 0 Å². The Hall–Kier alpha value is -1.10. The fraction of sp³-hybridized carbons (Fsp3) is 0.867. The van der Waals surface area contributed by atoms with Crippen molar-refractivity contribution in [2.75, 3.05) is 19.6 Å².